The zero-order valence-electron chi connectivity index (χ0n) is 14.6. The second-order valence-electron chi connectivity index (χ2n) is 7.79. The van der Waals surface area contributed by atoms with Crippen LogP contribution >= 0.6 is 11.5 Å². The highest BCUT2D eigenvalue weighted by atomic mass is 32.1. The fraction of sp³-hybridized carbons (Fsp3) is 0.800. The average molecular weight is 342 g/mol. The van der Waals surface area contributed by atoms with Gasteiger partial charge in [-0.1, -0.05) is 20.8 Å². The largest absolute Gasteiger partial charge is 0.444 e. The van der Waals surface area contributed by atoms with Gasteiger partial charge in [0.1, 0.15) is 17.7 Å². The smallest absolute Gasteiger partial charge is 0.410 e. The molecule has 1 aromatic heterocycles. The molecular formula is C15H26N4O3S. The van der Waals surface area contributed by atoms with E-state index in [1.54, 1.807) is 0 Å². The number of ether oxygens (including phenoxy) is 1. The molecule has 0 spiro atoms. The van der Waals surface area contributed by atoms with Crippen LogP contribution in [0.15, 0.2) is 0 Å². The lowest BCUT2D eigenvalue weighted by atomic mass is 9.96. The minimum Gasteiger partial charge on any atom is -0.444 e. The van der Waals surface area contributed by atoms with Crippen molar-refractivity contribution in [3.8, 4) is 0 Å². The van der Waals surface area contributed by atoms with Gasteiger partial charge >= 0.3 is 6.09 Å². The van der Waals surface area contributed by atoms with Crippen molar-refractivity contribution in [2.45, 2.75) is 71.2 Å². The second-order valence-corrected chi connectivity index (χ2v) is 8.54. The van der Waals surface area contributed by atoms with Gasteiger partial charge in [0.05, 0.1) is 6.04 Å². The van der Waals surface area contributed by atoms with E-state index >= 15 is 0 Å². The van der Waals surface area contributed by atoms with Crippen LogP contribution in [-0.2, 0) is 10.2 Å². The monoisotopic (exact) mass is 342 g/mol. The number of anilines is 1. The van der Waals surface area contributed by atoms with E-state index in [-0.39, 0.29) is 11.5 Å². The summed E-state index contributed by atoms with van der Waals surface area (Å²) in [4.78, 5) is 18.0. The Morgan fingerprint density at radius 1 is 1.39 bits per heavy atom. The molecule has 1 fully saturated rings. The highest BCUT2D eigenvalue weighted by molar-refractivity contribution is 7.09. The molecule has 7 nitrogen and oxygen atoms in total. The molecule has 8 heteroatoms. The third-order valence-corrected chi connectivity index (χ3v) is 4.07. The molecule has 23 heavy (non-hydrogen) atoms. The molecule has 0 aromatic carbocycles. The van der Waals surface area contributed by atoms with Gasteiger partial charge in [-0.2, -0.15) is 4.37 Å². The van der Waals surface area contributed by atoms with Crippen LogP contribution in [0.1, 0.15) is 53.8 Å². The van der Waals surface area contributed by atoms with Crippen LogP contribution in [0.25, 0.3) is 0 Å². The molecule has 1 saturated heterocycles. The fourth-order valence-electron chi connectivity index (χ4n) is 2.09. The van der Waals surface area contributed by atoms with Gasteiger partial charge in [0.25, 0.3) is 0 Å². The van der Waals surface area contributed by atoms with Crippen LogP contribution in [0.3, 0.4) is 0 Å². The molecule has 0 bridgehead atoms. The number of nitrogens with one attached hydrogen (secondary N) is 1. The molecular weight excluding hydrogens is 316 g/mol. The van der Waals surface area contributed by atoms with E-state index in [2.05, 4.69) is 14.7 Å². The number of amides is 1. The van der Waals surface area contributed by atoms with Crippen LogP contribution in [0.4, 0.5) is 9.93 Å². The van der Waals surface area contributed by atoms with Gasteiger partial charge in [0.15, 0.2) is 0 Å². The molecule has 130 valence electrons. The van der Waals surface area contributed by atoms with Crippen LogP contribution in [0, 0.1) is 0 Å². The average Bonchev–Trinajstić information content (AvgIpc) is 2.72. The first-order valence-corrected chi connectivity index (χ1v) is 8.53. The predicted molar refractivity (Wildman–Crippen MR) is 89.6 cm³/mol. The first-order chi connectivity index (χ1) is 10.5. The number of carbonyl (C=O) groups is 1. The topological polar surface area (TPSA) is 87.6 Å². The minimum absolute atomic E-state index is 0.138. The van der Waals surface area contributed by atoms with Crippen molar-refractivity contribution in [2.75, 3.05) is 11.9 Å². The third kappa shape index (κ3) is 4.54. The van der Waals surface area contributed by atoms with E-state index in [0.717, 1.165) is 12.2 Å². The molecule has 1 aliphatic rings. The van der Waals surface area contributed by atoms with Crippen LogP contribution in [-0.4, -0.2) is 49.9 Å². The van der Waals surface area contributed by atoms with Gasteiger partial charge < -0.3 is 20.1 Å². The summed E-state index contributed by atoms with van der Waals surface area (Å²) in [7, 11) is 0. The maximum absolute atomic E-state index is 12.1. The van der Waals surface area contributed by atoms with Gasteiger partial charge in [-0.3, -0.25) is 0 Å². The summed E-state index contributed by atoms with van der Waals surface area (Å²) in [6.45, 7) is 12.2. The Bertz CT molecular complexity index is 562. The fourth-order valence-corrected chi connectivity index (χ4v) is 2.88. The van der Waals surface area contributed by atoms with Gasteiger partial charge in [0, 0.05) is 23.5 Å². The van der Waals surface area contributed by atoms with E-state index in [9.17, 15) is 9.90 Å². The molecule has 2 rings (SSSR count). The van der Waals surface area contributed by atoms with E-state index in [0.29, 0.717) is 11.7 Å². The van der Waals surface area contributed by atoms with E-state index < -0.39 is 17.9 Å². The molecule has 1 amide bonds. The van der Waals surface area contributed by atoms with E-state index in [4.69, 9.17) is 4.74 Å². The van der Waals surface area contributed by atoms with Crippen LogP contribution in [0.2, 0.25) is 0 Å². The Hall–Kier alpha value is -1.41. The highest BCUT2D eigenvalue weighted by Gasteiger charge is 2.40. The highest BCUT2D eigenvalue weighted by Crippen LogP contribution is 2.27. The summed E-state index contributed by atoms with van der Waals surface area (Å²) in [6.07, 6.45) is -0.572. The number of carbonyl (C=O) groups excluding carboxylic acids is 1. The predicted octanol–water partition coefficient (Wildman–Crippen LogP) is 2.58. The Morgan fingerprint density at radius 2 is 2.04 bits per heavy atom. The van der Waals surface area contributed by atoms with Crippen molar-refractivity contribution in [3.05, 3.63) is 5.82 Å². The van der Waals surface area contributed by atoms with Crippen molar-refractivity contribution in [3.63, 3.8) is 0 Å². The molecule has 2 N–H and O–H groups in total. The van der Waals surface area contributed by atoms with Crippen molar-refractivity contribution >= 4 is 22.8 Å². The quantitative estimate of drug-likeness (QED) is 0.821. The minimum atomic E-state index is -0.892. The molecule has 0 radical (unpaired) electrons. The summed E-state index contributed by atoms with van der Waals surface area (Å²) in [5, 5.41) is 13.8. The molecule has 0 aliphatic carbocycles. The van der Waals surface area contributed by atoms with Crippen molar-refractivity contribution < 1.29 is 14.6 Å². The summed E-state index contributed by atoms with van der Waals surface area (Å²) in [5.41, 5.74) is -0.684. The SMILES string of the molecule is CC(C)(C)OC(=O)N1CC[C@H]1C(O)Nc1nc(C(C)(C)C)ns1. The Morgan fingerprint density at radius 3 is 2.48 bits per heavy atom. The number of likely N-dealkylation sites (tertiary alicyclic amines) is 1. The Labute approximate surface area is 141 Å². The molecule has 1 unspecified atom stereocenters. The maximum Gasteiger partial charge on any atom is 0.410 e. The Kier molecular flexibility index (Phi) is 4.86. The number of hydrogen-bond acceptors (Lipinski definition) is 7. The van der Waals surface area contributed by atoms with Crippen molar-refractivity contribution in [2.24, 2.45) is 0 Å². The number of rotatable bonds is 3. The van der Waals surface area contributed by atoms with Crippen molar-refractivity contribution in [1.82, 2.24) is 14.3 Å². The molecule has 1 aliphatic heterocycles. The first-order valence-electron chi connectivity index (χ1n) is 7.76. The lowest BCUT2D eigenvalue weighted by molar-refractivity contribution is -0.0334. The molecule has 0 saturated carbocycles. The lowest BCUT2D eigenvalue weighted by Crippen LogP contribution is -2.59. The number of hydrogen-bond donors (Lipinski definition) is 2. The lowest BCUT2D eigenvalue weighted by Gasteiger charge is -2.43. The third-order valence-electron chi connectivity index (χ3n) is 3.43. The Balaban J connectivity index is 1.94. The maximum atomic E-state index is 12.1. The summed E-state index contributed by atoms with van der Waals surface area (Å²) >= 11 is 1.21. The van der Waals surface area contributed by atoms with Crippen LogP contribution < -0.4 is 5.32 Å². The number of aromatic nitrogens is 2. The van der Waals surface area contributed by atoms with E-state index in [1.165, 1.54) is 16.4 Å². The van der Waals surface area contributed by atoms with Gasteiger partial charge in [-0.15, -0.1) is 0 Å². The molecule has 2 atom stereocenters. The summed E-state index contributed by atoms with van der Waals surface area (Å²) in [6, 6.07) is -0.313. The number of nitrogens with zero attached hydrogens (tertiary/aromatic N) is 3. The normalized spacial score (nSPS) is 20.0. The number of aliphatic hydroxyl groups is 1. The summed E-state index contributed by atoms with van der Waals surface area (Å²) < 4.78 is 9.64. The van der Waals surface area contributed by atoms with Gasteiger partial charge in [-0.05, 0) is 27.2 Å². The molecule has 2 heterocycles. The molecule has 1 aromatic rings. The van der Waals surface area contributed by atoms with Crippen LogP contribution in [0.5, 0.6) is 0 Å². The zero-order valence-corrected chi connectivity index (χ0v) is 15.4. The van der Waals surface area contributed by atoms with Crippen molar-refractivity contribution in [1.29, 1.82) is 0 Å². The standard InChI is InChI=1S/C15H26N4O3S/c1-14(2,3)11-17-12(23-18-11)16-10(20)9-7-8-19(9)13(21)22-15(4,5)6/h9-10,20H,7-8H2,1-6H3,(H,16,17,18)/t9-,10?/m0/s1. The van der Waals surface area contributed by atoms with Gasteiger partial charge in [0.2, 0.25) is 5.13 Å². The number of aliphatic hydroxyl groups excluding tert-OH is 1. The van der Waals surface area contributed by atoms with E-state index in [1.807, 2.05) is 41.5 Å². The second kappa shape index (κ2) is 6.24. The zero-order chi connectivity index (χ0) is 17.4. The van der Waals surface area contributed by atoms with Gasteiger partial charge in [-0.25, -0.2) is 9.78 Å². The summed E-state index contributed by atoms with van der Waals surface area (Å²) in [5.74, 6) is 0.731. The first kappa shape index (κ1) is 17.9.